The van der Waals surface area contributed by atoms with Crippen LogP contribution >= 0.6 is 0 Å². The maximum absolute atomic E-state index is 12.5. The number of urea groups is 1. The van der Waals surface area contributed by atoms with Gasteiger partial charge in [-0.2, -0.15) is 13.2 Å². The van der Waals surface area contributed by atoms with Gasteiger partial charge >= 0.3 is 12.2 Å². The first-order valence-electron chi connectivity index (χ1n) is 7.16. The largest absolute Gasteiger partial charge is 0.406 e. The van der Waals surface area contributed by atoms with Gasteiger partial charge in [-0.1, -0.05) is 45.0 Å². The SMILES string of the molecule is CC(C)(C)c1ccc([C@]2(C)NC(=O)N(CC(F)(F)F)C2=O)cc1. The lowest BCUT2D eigenvalue weighted by Crippen LogP contribution is -2.42. The summed E-state index contributed by atoms with van der Waals surface area (Å²) in [6.45, 7) is 5.90. The fraction of sp³-hybridized carbons (Fsp3) is 0.500. The number of carbonyl (C=O) groups excluding carboxylic acids is 2. The van der Waals surface area contributed by atoms with E-state index < -0.39 is 30.2 Å². The summed E-state index contributed by atoms with van der Waals surface area (Å²) < 4.78 is 37.6. The van der Waals surface area contributed by atoms with Crippen LogP contribution in [0.2, 0.25) is 0 Å². The molecule has 4 nitrogen and oxygen atoms in total. The van der Waals surface area contributed by atoms with E-state index in [2.05, 4.69) is 5.32 Å². The molecule has 126 valence electrons. The van der Waals surface area contributed by atoms with E-state index in [1.807, 2.05) is 32.9 Å². The summed E-state index contributed by atoms with van der Waals surface area (Å²) in [4.78, 5) is 24.3. The highest BCUT2D eigenvalue weighted by Gasteiger charge is 2.51. The molecular formula is C16H19F3N2O2. The highest BCUT2D eigenvalue weighted by atomic mass is 19.4. The predicted octanol–water partition coefficient (Wildman–Crippen LogP) is 3.31. The molecule has 1 heterocycles. The predicted molar refractivity (Wildman–Crippen MR) is 78.8 cm³/mol. The lowest BCUT2D eigenvalue weighted by atomic mass is 9.84. The summed E-state index contributed by atoms with van der Waals surface area (Å²) in [5.74, 6) is -0.900. The average Bonchev–Trinajstić information content (AvgIpc) is 2.61. The molecule has 3 amide bonds. The van der Waals surface area contributed by atoms with Crippen LogP contribution in [-0.4, -0.2) is 29.6 Å². The number of amides is 3. The number of nitrogens with one attached hydrogen (secondary N) is 1. The molecule has 2 rings (SSSR count). The second kappa shape index (κ2) is 5.25. The first-order valence-corrected chi connectivity index (χ1v) is 7.16. The number of alkyl halides is 3. The van der Waals surface area contributed by atoms with Gasteiger partial charge in [0.1, 0.15) is 12.1 Å². The number of hydrogen-bond acceptors (Lipinski definition) is 2. The Labute approximate surface area is 132 Å². The van der Waals surface area contributed by atoms with Gasteiger partial charge in [-0.3, -0.25) is 9.69 Å². The van der Waals surface area contributed by atoms with E-state index in [0.29, 0.717) is 5.56 Å². The number of hydrogen-bond donors (Lipinski definition) is 1. The molecular weight excluding hydrogens is 309 g/mol. The van der Waals surface area contributed by atoms with Crippen LogP contribution in [-0.2, 0) is 15.7 Å². The van der Waals surface area contributed by atoms with E-state index in [-0.39, 0.29) is 10.3 Å². The van der Waals surface area contributed by atoms with E-state index in [9.17, 15) is 22.8 Å². The highest BCUT2D eigenvalue weighted by molar-refractivity contribution is 6.07. The summed E-state index contributed by atoms with van der Waals surface area (Å²) >= 11 is 0. The second-order valence-electron chi connectivity index (χ2n) is 6.89. The lowest BCUT2D eigenvalue weighted by Gasteiger charge is -2.25. The minimum Gasteiger partial charge on any atom is -0.319 e. The van der Waals surface area contributed by atoms with E-state index in [1.165, 1.54) is 6.92 Å². The fourth-order valence-electron chi connectivity index (χ4n) is 2.52. The van der Waals surface area contributed by atoms with Gasteiger partial charge in [-0.05, 0) is 23.5 Å². The molecule has 0 unspecified atom stereocenters. The van der Waals surface area contributed by atoms with Crippen molar-refractivity contribution in [2.24, 2.45) is 0 Å². The Morgan fingerprint density at radius 2 is 1.61 bits per heavy atom. The summed E-state index contributed by atoms with van der Waals surface area (Å²) in [7, 11) is 0. The van der Waals surface area contributed by atoms with Crippen LogP contribution in [0.1, 0.15) is 38.8 Å². The van der Waals surface area contributed by atoms with Gasteiger partial charge in [0, 0.05) is 0 Å². The molecule has 23 heavy (non-hydrogen) atoms. The molecule has 1 atom stereocenters. The van der Waals surface area contributed by atoms with Crippen LogP contribution in [0.25, 0.3) is 0 Å². The standard InChI is InChI=1S/C16H19F3N2O2/c1-14(2,3)10-5-7-11(8-6-10)15(4)12(22)21(13(23)20-15)9-16(17,18)19/h5-8H,9H2,1-4H3,(H,20,23)/t15-/m0/s1. The third-order valence-electron chi connectivity index (χ3n) is 3.94. The first-order chi connectivity index (χ1) is 10.3. The number of nitrogens with zero attached hydrogens (tertiary/aromatic N) is 1. The van der Waals surface area contributed by atoms with Gasteiger partial charge < -0.3 is 5.32 Å². The van der Waals surface area contributed by atoms with Crippen molar-refractivity contribution in [2.45, 2.75) is 44.8 Å². The van der Waals surface area contributed by atoms with Crippen molar-refractivity contribution in [2.75, 3.05) is 6.54 Å². The quantitative estimate of drug-likeness (QED) is 0.847. The summed E-state index contributed by atoms with van der Waals surface area (Å²) in [6.07, 6.45) is -4.63. The summed E-state index contributed by atoms with van der Waals surface area (Å²) in [5, 5.41) is 2.36. The van der Waals surface area contributed by atoms with Crippen molar-refractivity contribution in [3.63, 3.8) is 0 Å². The molecule has 1 N–H and O–H groups in total. The monoisotopic (exact) mass is 328 g/mol. The molecule has 0 spiro atoms. The zero-order valence-corrected chi connectivity index (χ0v) is 13.4. The van der Waals surface area contributed by atoms with Crippen LogP contribution in [0.15, 0.2) is 24.3 Å². The molecule has 7 heteroatoms. The Hall–Kier alpha value is -2.05. The number of rotatable bonds is 2. The lowest BCUT2D eigenvalue weighted by molar-refractivity contribution is -0.154. The molecule has 1 aliphatic heterocycles. The number of halogens is 3. The Balaban J connectivity index is 2.32. The minimum absolute atomic E-state index is 0.0926. The number of benzene rings is 1. The Kier molecular flexibility index (Phi) is 3.95. The van der Waals surface area contributed by atoms with Gasteiger partial charge in [0.25, 0.3) is 5.91 Å². The van der Waals surface area contributed by atoms with Crippen molar-refractivity contribution >= 4 is 11.9 Å². The van der Waals surface area contributed by atoms with Crippen molar-refractivity contribution in [3.8, 4) is 0 Å². The van der Waals surface area contributed by atoms with Crippen LogP contribution < -0.4 is 5.32 Å². The Morgan fingerprint density at radius 1 is 1.09 bits per heavy atom. The topological polar surface area (TPSA) is 49.4 Å². The normalized spacial score (nSPS) is 22.5. The number of imide groups is 1. The van der Waals surface area contributed by atoms with E-state index >= 15 is 0 Å². The second-order valence-corrected chi connectivity index (χ2v) is 6.89. The average molecular weight is 328 g/mol. The van der Waals surface area contributed by atoms with Gasteiger partial charge in [-0.15, -0.1) is 0 Å². The third-order valence-corrected chi connectivity index (χ3v) is 3.94. The van der Waals surface area contributed by atoms with Gasteiger partial charge in [0.2, 0.25) is 0 Å². The van der Waals surface area contributed by atoms with E-state index in [4.69, 9.17) is 0 Å². The maximum Gasteiger partial charge on any atom is 0.406 e. The van der Waals surface area contributed by atoms with Crippen LogP contribution in [0, 0.1) is 0 Å². The van der Waals surface area contributed by atoms with Gasteiger partial charge in [-0.25, -0.2) is 4.79 Å². The van der Waals surface area contributed by atoms with Crippen LogP contribution in [0.5, 0.6) is 0 Å². The van der Waals surface area contributed by atoms with Crippen molar-refractivity contribution < 1.29 is 22.8 Å². The maximum atomic E-state index is 12.5. The molecule has 0 saturated carbocycles. The molecule has 1 fully saturated rings. The third kappa shape index (κ3) is 3.33. The van der Waals surface area contributed by atoms with Crippen LogP contribution in [0.3, 0.4) is 0 Å². The molecule has 1 aromatic carbocycles. The zero-order chi connectivity index (χ0) is 17.6. The molecule has 0 radical (unpaired) electrons. The van der Waals surface area contributed by atoms with Gasteiger partial charge in [0.05, 0.1) is 0 Å². The molecule has 1 aromatic rings. The highest BCUT2D eigenvalue weighted by Crippen LogP contribution is 2.32. The molecule has 0 bridgehead atoms. The van der Waals surface area contributed by atoms with Crippen LogP contribution in [0.4, 0.5) is 18.0 Å². The minimum atomic E-state index is -4.63. The molecule has 1 saturated heterocycles. The number of carbonyl (C=O) groups is 2. The fourth-order valence-corrected chi connectivity index (χ4v) is 2.52. The Bertz CT molecular complexity index is 632. The molecule has 1 aliphatic rings. The summed E-state index contributed by atoms with van der Waals surface area (Å²) in [6, 6.07) is 5.92. The van der Waals surface area contributed by atoms with Crippen molar-refractivity contribution in [3.05, 3.63) is 35.4 Å². The smallest absolute Gasteiger partial charge is 0.319 e. The van der Waals surface area contributed by atoms with Crippen molar-refractivity contribution in [1.29, 1.82) is 0 Å². The van der Waals surface area contributed by atoms with E-state index in [0.717, 1.165) is 5.56 Å². The van der Waals surface area contributed by atoms with Gasteiger partial charge in [0.15, 0.2) is 0 Å². The van der Waals surface area contributed by atoms with Crippen molar-refractivity contribution in [1.82, 2.24) is 10.2 Å². The molecule has 0 aromatic heterocycles. The Morgan fingerprint density at radius 3 is 2.04 bits per heavy atom. The zero-order valence-electron chi connectivity index (χ0n) is 13.4. The first kappa shape index (κ1) is 17.3. The van der Waals surface area contributed by atoms with E-state index in [1.54, 1.807) is 12.1 Å². The summed E-state index contributed by atoms with van der Waals surface area (Å²) in [5.41, 5.74) is -0.106. The molecule has 0 aliphatic carbocycles.